The van der Waals surface area contributed by atoms with Crippen LogP contribution >= 0.6 is 12.4 Å². The lowest BCUT2D eigenvalue weighted by atomic mass is 10.1. The van der Waals surface area contributed by atoms with Gasteiger partial charge >= 0.3 is 0 Å². The quantitative estimate of drug-likeness (QED) is 0.819. The highest BCUT2D eigenvalue weighted by atomic mass is 35.5. The molecule has 0 aliphatic rings. The van der Waals surface area contributed by atoms with Gasteiger partial charge in [-0.15, -0.1) is 12.4 Å². The molecule has 0 saturated carbocycles. The highest BCUT2D eigenvalue weighted by Crippen LogP contribution is 2.25. The van der Waals surface area contributed by atoms with E-state index in [0.29, 0.717) is 11.5 Å². The van der Waals surface area contributed by atoms with Gasteiger partial charge in [-0.3, -0.25) is 0 Å². The van der Waals surface area contributed by atoms with Crippen LogP contribution in [0.5, 0.6) is 11.5 Å². The third-order valence-corrected chi connectivity index (χ3v) is 3.73. The van der Waals surface area contributed by atoms with Gasteiger partial charge in [-0.25, -0.2) is 13.1 Å². The molecule has 0 heterocycles. The zero-order valence-corrected chi connectivity index (χ0v) is 13.6. The minimum absolute atomic E-state index is 0. The van der Waals surface area contributed by atoms with Crippen molar-refractivity contribution in [3.8, 4) is 11.5 Å². The van der Waals surface area contributed by atoms with Gasteiger partial charge in [0.15, 0.2) is 0 Å². The number of methoxy groups -OCH3 is 2. The molecular formula is C12H21ClN2O4S. The molecule has 0 fully saturated rings. The summed E-state index contributed by atoms with van der Waals surface area (Å²) < 4.78 is 36.8. The van der Waals surface area contributed by atoms with Crippen LogP contribution in [0.4, 0.5) is 0 Å². The van der Waals surface area contributed by atoms with Gasteiger partial charge in [0.1, 0.15) is 11.5 Å². The van der Waals surface area contributed by atoms with Crippen molar-refractivity contribution in [2.75, 3.05) is 20.8 Å². The maximum atomic E-state index is 12.1. The summed E-state index contributed by atoms with van der Waals surface area (Å²) in [7, 11) is -0.729. The normalized spacial score (nSPS) is 11.7. The molecule has 1 aromatic carbocycles. The highest BCUT2D eigenvalue weighted by molar-refractivity contribution is 7.89. The molecular weight excluding hydrogens is 304 g/mol. The largest absolute Gasteiger partial charge is 0.497 e. The standard InChI is InChI=1S/C12H20N2O4S.ClH/c1-12(2,13)8-14-19(15,16)11-6-9(17-3)5-10(7-11)18-4;/h5-7,14H,8,13H2,1-4H3;1H. The molecule has 0 aromatic heterocycles. The van der Waals surface area contributed by atoms with Crippen molar-refractivity contribution in [3.63, 3.8) is 0 Å². The molecule has 0 aliphatic carbocycles. The number of nitrogens with two attached hydrogens (primary N) is 1. The molecule has 1 rings (SSSR count). The van der Waals surface area contributed by atoms with Crippen molar-refractivity contribution < 1.29 is 17.9 Å². The monoisotopic (exact) mass is 324 g/mol. The fraction of sp³-hybridized carbons (Fsp3) is 0.500. The number of rotatable bonds is 6. The van der Waals surface area contributed by atoms with Gasteiger partial charge in [0, 0.05) is 30.3 Å². The molecule has 0 bridgehead atoms. The lowest BCUT2D eigenvalue weighted by molar-refractivity contribution is 0.392. The van der Waals surface area contributed by atoms with E-state index in [0.717, 1.165) is 0 Å². The molecule has 1 aromatic rings. The minimum atomic E-state index is -3.65. The van der Waals surface area contributed by atoms with Crippen LogP contribution in [0.15, 0.2) is 23.1 Å². The first kappa shape index (κ1) is 19.0. The van der Waals surface area contributed by atoms with Gasteiger partial charge in [-0.1, -0.05) is 0 Å². The van der Waals surface area contributed by atoms with E-state index in [1.807, 2.05) is 0 Å². The van der Waals surface area contributed by atoms with E-state index in [9.17, 15) is 8.42 Å². The minimum Gasteiger partial charge on any atom is -0.497 e. The Kier molecular flexibility index (Phi) is 6.76. The molecule has 8 heteroatoms. The number of benzene rings is 1. The Balaban J connectivity index is 0.00000361. The van der Waals surface area contributed by atoms with E-state index in [-0.39, 0.29) is 23.8 Å². The number of ether oxygens (including phenoxy) is 2. The van der Waals surface area contributed by atoms with E-state index >= 15 is 0 Å². The van der Waals surface area contributed by atoms with Crippen LogP contribution in [0, 0.1) is 0 Å². The van der Waals surface area contributed by atoms with Crippen molar-refractivity contribution in [1.29, 1.82) is 0 Å². The molecule has 0 spiro atoms. The number of hydrogen-bond donors (Lipinski definition) is 2. The molecule has 3 N–H and O–H groups in total. The number of sulfonamides is 1. The lowest BCUT2D eigenvalue weighted by Crippen LogP contribution is -2.45. The third kappa shape index (κ3) is 5.54. The summed E-state index contributed by atoms with van der Waals surface area (Å²) >= 11 is 0. The molecule has 20 heavy (non-hydrogen) atoms. The topological polar surface area (TPSA) is 90.6 Å². The third-order valence-electron chi connectivity index (χ3n) is 2.35. The lowest BCUT2D eigenvalue weighted by Gasteiger charge is -2.19. The number of hydrogen-bond acceptors (Lipinski definition) is 5. The summed E-state index contributed by atoms with van der Waals surface area (Å²) in [6.45, 7) is 3.61. The maximum absolute atomic E-state index is 12.1. The second-order valence-electron chi connectivity index (χ2n) is 4.86. The zero-order valence-electron chi connectivity index (χ0n) is 12.0. The zero-order chi connectivity index (χ0) is 14.7. The van der Waals surface area contributed by atoms with Crippen LogP contribution in [0.2, 0.25) is 0 Å². The molecule has 6 nitrogen and oxygen atoms in total. The maximum Gasteiger partial charge on any atom is 0.240 e. The Hall–Kier alpha value is -1.02. The summed E-state index contributed by atoms with van der Waals surface area (Å²) in [5.74, 6) is 0.818. The van der Waals surface area contributed by atoms with E-state index in [2.05, 4.69) is 4.72 Å². The Bertz CT molecular complexity index is 519. The summed E-state index contributed by atoms with van der Waals surface area (Å²) in [6.07, 6.45) is 0. The molecule has 0 amide bonds. The first-order valence-electron chi connectivity index (χ1n) is 5.69. The second kappa shape index (κ2) is 7.12. The van der Waals surface area contributed by atoms with E-state index in [1.165, 1.54) is 26.4 Å². The first-order chi connectivity index (χ1) is 8.68. The van der Waals surface area contributed by atoms with Crippen LogP contribution in [0.25, 0.3) is 0 Å². The number of nitrogens with one attached hydrogen (secondary N) is 1. The average Bonchev–Trinajstić information content (AvgIpc) is 2.35. The Morgan fingerprint density at radius 2 is 1.60 bits per heavy atom. The smallest absolute Gasteiger partial charge is 0.240 e. The van der Waals surface area contributed by atoms with E-state index in [1.54, 1.807) is 19.9 Å². The molecule has 0 atom stereocenters. The fourth-order valence-corrected chi connectivity index (χ4v) is 2.57. The van der Waals surface area contributed by atoms with Crippen LogP contribution < -0.4 is 19.9 Å². The van der Waals surface area contributed by atoms with Crippen LogP contribution in [-0.4, -0.2) is 34.7 Å². The van der Waals surface area contributed by atoms with Crippen molar-refractivity contribution in [2.45, 2.75) is 24.3 Å². The molecule has 0 saturated heterocycles. The van der Waals surface area contributed by atoms with Gasteiger partial charge in [-0.05, 0) is 13.8 Å². The molecule has 0 unspecified atom stereocenters. The first-order valence-corrected chi connectivity index (χ1v) is 7.18. The van der Waals surface area contributed by atoms with Gasteiger partial charge in [-0.2, -0.15) is 0 Å². The van der Waals surface area contributed by atoms with Gasteiger partial charge in [0.2, 0.25) is 10.0 Å². The van der Waals surface area contributed by atoms with Crippen molar-refractivity contribution in [2.24, 2.45) is 5.73 Å². The summed E-state index contributed by atoms with van der Waals surface area (Å²) in [6, 6.07) is 4.45. The van der Waals surface area contributed by atoms with Crippen LogP contribution in [-0.2, 0) is 10.0 Å². The summed E-state index contributed by atoms with van der Waals surface area (Å²) in [4.78, 5) is 0.0768. The average molecular weight is 325 g/mol. The van der Waals surface area contributed by atoms with Crippen LogP contribution in [0.1, 0.15) is 13.8 Å². The molecule has 116 valence electrons. The predicted molar refractivity (Wildman–Crippen MR) is 80.2 cm³/mol. The van der Waals surface area contributed by atoms with Crippen molar-refractivity contribution in [3.05, 3.63) is 18.2 Å². The molecule has 0 radical (unpaired) electrons. The highest BCUT2D eigenvalue weighted by Gasteiger charge is 2.20. The predicted octanol–water partition coefficient (Wildman–Crippen LogP) is 1.14. The van der Waals surface area contributed by atoms with E-state index in [4.69, 9.17) is 15.2 Å². The fourth-order valence-electron chi connectivity index (χ4n) is 1.30. The van der Waals surface area contributed by atoms with Crippen LogP contribution in [0.3, 0.4) is 0 Å². The van der Waals surface area contributed by atoms with Gasteiger partial charge in [0.05, 0.1) is 19.1 Å². The van der Waals surface area contributed by atoms with Crippen molar-refractivity contribution in [1.82, 2.24) is 4.72 Å². The molecule has 0 aliphatic heterocycles. The SMILES string of the molecule is COc1cc(OC)cc(S(=O)(=O)NCC(C)(C)N)c1.Cl. The summed E-state index contributed by atoms with van der Waals surface area (Å²) in [5, 5.41) is 0. The van der Waals surface area contributed by atoms with Crippen molar-refractivity contribution >= 4 is 22.4 Å². The van der Waals surface area contributed by atoms with E-state index < -0.39 is 15.6 Å². The Morgan fingerprint density at radius 1 is 1.15 bits per heavy atom. The van der Waals surface area contributed by atoms with Gasteiger partial charge < -0.3 is 15.2 Å². The number of halogens is 1. The Labute approximate surface area is 126 Å². The summed E-state index contributed by atoms with van der Waals surface area (Å²) in [5.41, 5.74) is 5.13. The van der Waals surface area contributed by atoms with Gasteiger partial charge in [0.25, 0.3) is 0 Å². The Morgan fingerprint density at radius 3 is 1.95 bits per heavy atom. The second-order valence-corrected chi connectivity index (χ2v) is 6.63.